The van der Waals surface area contributed by atoms with Gasteiger partial charge in [-0.25, -0.2) is 0 Å². The lowest BCUT2D eigenvalue weighted by Gasteiger charge is -2.26. The highest BCUT2D eigenvalue weighted by molar-refractivity contribution is 7.80. The fourth-order valence-electron chi connectivity index (χ4n) is 1.53. The summed E-state index contributed by atoms with van der Waals surface area (Å²) in [7, 11) is 0. The lowest BCUT2D eigenvalue weighted by Crippen LogP contribution is -2.54. The number of nitrogens with one attached hydrogen (secondary N) is 3. The number of rotatable bonds is 4. The number of amides is 1. The summed E-state index contributed by atoms with van der Waals surface area (Å²) in [6.07, 6.45) is -0.505. The third-order valence-electron chi connectivity index (χ3n) is 2.47. The van der Waals surface area contributed by atoms with Crippen LogP contribution in [0.1, 0.15) is 11.1 Å². The van der Waals surface area contributed by atoms with E-state index in [0.29, 0.717) is 6.41 Å². The molecule has 3 N–H and O–H groups in total. The summed E-state index contributed by atoms with van der Waals surface area (Å²) in [5, 5.41) is 8.30. The first-order valence-electron chi connectivity index (χ1n) is 5.65. The average molecular weight is 355 g/mol. The van der Waals surface area contributed by atoms with E-state index in [1.165, 1.54) is 0 Å². The Morgan fingerprint density at radius 1 is 1.35 bits per heavy atom. The molecule has 0 bridgehead atoms. The molecule has 0 heterocycles. The molecule has 0 aliphatic carbocycles. The van der Waals surface area contributed by atoms with Crippen molar-refractivity contribution < 1.29 is 4.79 Å². The van der Waals surface area contributed by atoms with Crippen LogP contribution in [0.3, 0.4) is 0 Å². The van der Waals surface area contributed by atoms with Gasteiger partial charge >= 0.3 is 0 Å². The van der Waals surface area contributed by atoms with Gasteiger partial charge in [-0.3, -0.25) is 4.79 Å². The second-order valence-corrected chi connectivity index (χ2v) is 6.95. The fraction of sp³-hybridized carbons (Fsp3) is 0.333. The molecule has 0 radical (unpaired) electrons. The van der Waals surface area contributed by atoms with Gasteiger partial charge in [0.2, 0.25) is 10.2 Å². The zero-order valence-corrected chi connectivity index (χ0v) is 13.9. The van der Waals surface area contributed by atoms with Gasteiger partial charge in [-0.1, -0.05) is 52.5 Å². The third-order valence-corrected chi connectivity index (χ3v) is 3.34. The highest BCUT2D eigenvalue weighted by atomic mass is 35.6. The van der Waals surface area contributed by atoms with Gasteiger partial charge in [0, 0.05) is 5.69 Å². The van der Waals surface area contributed by atoms with Crippen molar-refractivity contribution in [2.75, 3.05) is 5.32 Å². The molecule has 1 rings (SSSR count). The molecule has 0 saturated heterocycles. The van der Waals surface area contributed by atoms with Crippen molar-refractivity contribution >= 4 is 64.2 Å². The second kappa shape index (κ2) is 7.31. The summed E-state index contributed by atoms with van der Waals surface area (Å²) in [6, 6.07) is 5.87. The van der Waals surface area contributed by atoms with Crippen molar-refractivity contribution in [3.8, 4) is 0 Å². The van der Waals surface area contributed by atoms with Crippen molar-refractivity contribution in [3.05, 3.63) is 29.3 Å². The number of anilines is 1. The molecular weight excluding hydrogens is 341 g/mol. The van der Waals surface area contributed by atoms with Crippen molar-refractivity contribution in [1.82, 2.24) is 10.6 Å². The standard InChI is InChI=1S/C12H14Cl3N3OS/c1-7-3-4-9(8(2)5-7)17-11(20)18-10(16-6-19)12(13,14)15/h3-6,10H,1-2H3,(H,16,19)(H2,17,18,20)/t10-/m1/s1. The van der Waals surface area contributed by atoms with E-state index in [2.05, 4.69) is 16.0 Å². The van der Waals surface area contributed by atoms with E-state index >= 15 is 0 Å². The molecule has 4 nitrogen and oxygen atoms in total. The molecule has 1 aromatic carbocycles. The van der Waals surface area contributed by atoms with Crippen LogP contribution in [0.25, 0.3) is 0 Å². The molecule has 1 aromatic rings. The molecule has 1 atom stereocenters. The van der Waals surface area contributed by atoms with E-state index in [1.807, 2.05) is 32.0 Å². The Bertz CT molecular complexity index is 505. The number of carbonyl (C=O) groups excluding carboxylic acids is 1. The predicted octanol–water partition coefficient (Wildman–Crippen LogP) is 3.03. The van der Waals surface area contributed by atoms with Gasteiger partial charge in [0.15, 0.2) is 5.11 Å². The third kappa shape index (κ3) is 5.32. The summed E-state index contributed by atoms with van der Waals surface area (Å²) in [4.78, 5) is 10.5. The molecule has 110 valence electrons. The molecular formula is C12H14Cl3N3OS. The predicted molar refractivity (Wildman–Crippen MR) is 88.6 cm³/mol. The Hall–Kier alpha value is -0.750. The van der Waals surface area contributed by atoms with E-state index in [0.717, 1.165) is 16.8 Å². The second-order valence-electron chi connectivity index (χ2n) is 4.18. The summed E-state index contributed by atoms with van der Waals surface area (Å²) in [6.45, 7) is 3.95. The van der Waals surface area contributed by atoms with Crippen LogP contribution in [0.4, 0.5) is 5.69 Å². The smallest absolute Gasteiger partial charge is 0.228 e. The van der Waals surface area contributed by atoms with Gasteiger partial charge in [-0.15, -0.1) is 0 Å². The van der Waals surface area contributed by atoms with Crippen LogP contribution >= 0.6 is 47.0 Å². The topological polar surface area (TPSA) is 53.2 Å². The first kappa shape index (κ1) is 17.3. The molecule has 1 amide bonds. The fourth-order valence-corrected chi connectivity index (χ4v) is 2.11. The number of benzene rings is 1. The number of thiocarbonyl (C=S) groups is 1. The van der Waals surface area contributed by atoms with Gasteiger partial charge in [0.05, 0.1) is 0 Å². The van der Waals surface area contributed by atoms with E-state index in [4.69, 9.17) is 47.0 Å². The molecule has 8 heteroatoms. The highest BCUT2D eigenvalue weighted by Crippen LogP contribution is 2.29. The van der Waals surface area contributed by atoms with Gasteiger partial charge < -0.3 is 16.0 Å². The first-order chi connectivity index (χ1) is 9.24. The number of aryl methyl sites for hydroxylation is 2. The minimum atomic E-state index is -1.73. The van der Waals surface area contributed by atoms with Crippen LogP contribution in [0.15, 0.2) is 18.2 Å². The molecule has 0 saturated carbocycles. The van der Waals surface area contributed by atoms with Crippen LogP contribution < -0.4 is 16.0 Å². The largest absolute Gasteiger partial charge is 0.339 e. The van der Waals surface area contributed by atoms with Crippen molar-refractivity contribution in [1.29, 1.82) is 0 Å². The molecule has 20 heavy (non-hydrogen) atoms. The summed E-state index contributed by atoms with van der Waals surface area (Å²) >= 11 is 22.3. The SMILES string of the molecule is Cc1ccc(NC(=S)N[C@@H](NC=O)C(Cl)(Cl)Cl)c(C)c1. The Kier molecular flexibility index (Phi) is 6.33. The number of halogens is 3. The molecule has 0 unspecified atom stereocenters. The number of carbonyl (C=O) groups is 1. The zero-order valence-electron chi connectivity index (χ0n) is 10.8. The lowest BCUT2D eigenvalue weighted by atomic mass is 10.1. The van der Waals surface area contributed by atoms with Crippen LogP contribution in [0.2, 0.25) is 0 Å². The van der Waals surface area contributed by atoms with Crippen LogP contribution in [0.5, 0.6) is 0 Å². The normalized spacial score (nSPS) is 12.4. The minimum absolute atomic E-state index is 0.239. The van der Waals surface area contributed by atoms with E-state index in [9.17, 15) is 4.79 Å². The zero-order chi connectivity index (χ0) is 15.3. The number of hydrogen-bond acceptors (Lipinski definition) is 2. The average Bonchev–Trinajstić information content (AvgIpc) is 2.31. The monoisotopic (exact) mass is 353 g/mol. The summed E-state index contributed by atoms with van der Waals surface area (Å²) in [5.41, 5.74) is 3.01. The van der Waals surface area contributed by atoms with Gasteiger partial charge in [-0.05, 0) is 37.7 Å². The Balaban J connectivity index is 2.73. The van der Waals surface area contributed by atoms with Crippen molar-refractivity contribution in [2.24, 2.45) is 0 Å². The van der Waals surface area contributed by atoms with E-state index in [-0.39, 0.29) is 5.11 Å². The lowest BCUT2D eigenvalue weighted by molar-refractivity contribution is -0.110. The maximum atomic E-state index is 10.5. The molecule has 0 aliphatic rings. The van der Waals surface area contributed by atoms with Gasteiger partial charge in [0.1, 0.15) is 6.17 Å². The van der Waals surface area contributed by atoms with Gasteiger partial charge in [-0.2, -0.15) is 0 Å². The Morgan fingerprint density at radius 3 is 2.50 bits per heavy atom. The molecule has 0 spiro atoms. The van der Waals surface area contributed by atoms with Crippen LogP contribution in [0, 0.1) is 13.8 Å². The molecule has 0 aromatic heterocycles. The summed E-state index contributed by atoms with van der Waals surface area (Å²) < 4.78 is -1.73. The quantitative estimate of drug-likeness (QED) is 0.337. The molecule has 0 fully saturated rings. The number of alkyl halides is 3. The van der Waals surface area contributed by atoms with Crippen molar-refractivity contribution in [2.45, 2.75) is 23.8 Å². The van der Waals surface area contributed by atoms with Crippen LogP contribution in [-0.2, 0) is 4.79 Å². The summed E-state index contributed by atoms with van der Waals surface area (Å²) in [5.74, 6) is 0. The first-order valence-corrected chi connectivity index (χ1v) is 7.19. The molecule has 0 aliphatic heterocycles. The Labute approximate surface area is 138 Å². The maximum absolute atomic E-state index is 10.5. The highest BCUT2D eigenvalue weighted by Gasteiger charge is 2.32. The van der Waals surface area contributed by atoms with E-state index in [1.54, 1.807) is 0 Å². The van der Waals surface area contributed by atoms with Crippen LogP contribution in [-0.4, -0.2) is 21.5 Å². The van der Waals surface area contributed by atoms with Crippen molar-refractivity contribution in [3.63, 3.8) is 0 Å². The van der Waals surface area contributed by atoms with E-state index < -0.39 is 9.96 Å². The van der Waals surface area contributed by atoms with Gasteiger partial charge in [0.25, 0.3) is 0 Å². The Morgan fingerprint density at radius 2 is 2.00 bits per heavy atom. The minimum Gasteiger partial charge on any atom is -0.339 e. The maximum Gasteiger partial charge on any atom is 0.228 e. The number of hydrogen-bond donors (Lipinski definition) is 3.